The van der Waals surface area contributed by atoms with Gasteiger partial charge in [0.15, 0.2) is 0 Å². The molecule has 0 aliphatic rings. The Kier molecular flexibility index (Phi) is 4.02. The number of aromatic nitrogens is 1. The van der Waals surface area contributed by atoms with Crippen molar-refractivity contribution in [3.05, 3.63) is 44.8 Å². The van der Waals surface area contributed by atoms with Crippen molar-refractivity contribution in [2.45, 2.75) is 20.0 Å². The third-order valence-electron chi connectivity index (χ3n) is 2.44. The molecule has 0 spiro atoms. The molecule has 0 saturated heterocycles. The van der Waals surface area contributed by atoms with Gasteiger partial charge in [-0.25, -0.2) is 0 Å². The summed E-state index contributed by atoms with van der Waals surface area (Å²) in [7, 11) is 0. The Hall–Kier alpha value is -1.07. The van der Waals surface area contributed by atoms with Crippen LogP contribution in [0.3, 0.4) is 0 Å². The topological polar surface area (TPSA) is 34.0 Å². The smallest absolute Gasteiger partial charge is 0.268 e. The van der Waals surface area contributed by atoms with Crippen molar-refractivity contribution in [1.82, 2.24) is 9.88 Å². The SMILES string of the molecule is CCn1cc(Br)cc1C(=O)NCc1cccs1. The average molecular weight is 313 g/mol. The summed E-state index contributed by atoms with van der Waals surface area (Å²) in [5.41, 5.74) is 0.691. The van der Waals surface area contributed by atoms with Crippen molar-refractivity contribution in [3.8, 4) is 0 Å². The average Bonchev–Trinajstić information content (AvgIpc) is 2.94. The Morgan fingerprint density at radius 2 is 2.41 bits per heavy atom. The first-order valence-corrected chi connectivity index (χ1v) is 7.04. The number of halogens is 1. The second kappa shape index (κ2) is 5.51. The molecule has 5 heteroatoms. The lowest BCUT2D eigenvalue weighted by molar-refractivity contribution is 0.0942. The van der Waals surface area contributed by atoms with Crippen LogP contribution in [0.1, 0.15) is 22.3 Å². The van der Waals surface area contributed by atoms with Gasteiger partial charge >= 0.3 is 0 Å². The van der Waals surface area contributed by atoms with Crippen LogP contribution in [0.15, 0.2) is 34.2 Å². The lowest BCUT2D eigenvalue weighted by Crippen LogP contribution is -2.24. The van der Waals surface area contributed by atoms with Gasteiger partial charge in [0.2, 0.25) is 0 Å². The van der Waals surface area contributed by atoms with E-state index in [-0.39, 0.29) is 5.91 Å². The van der Waals surface area contributed by atoms with Crippen molar-refractivity contribution in [2.75, 3.05) is 0 Å². The number of carbonyl (C=O) groups is 1. The second-order valence-electron chi connectivity index (χ2n) is 3.59. The van der Waals surface area contributed by atoms with E-state index in [1.807, 2.05) is 41.3 Å². The highest BCUT2D eigenvalue weighted by Gasteiger charge is 2.11. The molecule has 0 saturated carbocycles. The number of carbonyl (C=O) groups excluding carboxylic acids is 1. The largest absolute Gasteiger partial charge is 0.346 e. The summed E-state index contributed by atoms with van der Waals surface area (Å²) in [5, 5.41) is 4.93. The molecular weight excluding hydrogens is 300 g/mol. The molecule has 2 aromatic rings. The first-order valence-electron chi connectivity index (χ1n) is 5.37. The number of nitrogens with one attached hydrogen (secondary N) is 1. The first-order chi connectivity index (χ1) is 8.20. The monoisotopic (exact) mass is 312 g/mol. The van der Waals surface area contributed by atoms with Crippen LogP contribution >= 0.6 is 27.3 Å². The van der Waals surface area contributed by atoms with Crippen LogP contribution in [0, 0.1) is 0 Å². The van der Waals surface area contributed by atoms with Gasteiger partial charge in [-0.2, -0.15) is 0 Å². The zero-order chi connectivity index (χ0) is 12.3. The molecule has 0 atom stereocenters. The van der Waals surface area contributed by atoms with Crippen LogP contribution in [-0.4, -0.2) is 10.5 Å². The Bertz CT molecular complexity index is 505. The van der Waals surface area contributed by atoms with E-state index in [0.717, 1.165) is 15.9 Å². The molecule has 0 aromatic carbocycles. The van der Waals surface area contributed by atoms with Crippen LogP contribution in [0.2, 0.25) is 0 Å². The molecule has 0 aliphatic carbocycles. The Labute approximate surface area is 113 Å². The highest BCUT2D eigenvalue weighted by molar-refractivity contribution is 9.10. The summed E-state index contributed by atoms with van der Waals surface area (Å²) in [6.45, 7) is 3.39. The summed E-state index contributed by atoms with van der Waals surface area (Å²) in [6, 6.07) is 5.84. The van der Waals surface area contributed by atoms with Crippen molar-refractivity contribution in [2.24, 2.45) is 0 Å². The molecule has 90 valence electrons. The van der Waals surface area contributed by atoms with Gasteiger partial charge in [0.05, 0.1) is 6.54 Å². The van der Waals surface area contributed by atoms with Gasteiger partial charge in [0, 0.05) is 22.1 Å². The molecule has 2 rings (SSSR count). The number of amides is 1. The van der Waals surface area contributed by atoms with E-state index in [0.29, 0.717) is 12.2 Å². The molecule has 1 amide bonds. The molecule has 2 heterocycles. The quantitative estimate of drug-likeness (QED) is 0.923. The van der Waals surface area contributed by atoms with E-state index in [9.17, 15) is 4.79 Å². The van der Waals surface area contributed by atoms with E-state index < -0.39 is 0 Å². The fourth-order valence-electron chi connectivity index (χ4n) is 1.60. The Balaban J connectivity index is 2.04. The van der Waals surface area contributed by atoms with Crippen LogP contribution in [-0.2, 0) is 13.1 Å². The van der Waals surface area contributed by atoms with E-state index in [1.165, 1.54) is 0 Å². The predicted molar refractivity (Wildman–Crippen MR) is 73.3 cm³/mol. The maximum atomic E-state index is 12.0. The van der Waals surface area contributed by atoms with E-state index in [1.54, 1.807) is 11.3 Å². The molecule has 0 aliphatic heterocycles. The molecule has 1 N–H and O–H groups in total. The van der Waals surface area contributed by atoms with Crippen molar-refractivity contribution >= 4 is 33.2 Å². The van der Waals surface area contributed by atoms with Gasteiger partial charge in [0.25, 0.3) is 5.91 Å². The molecule has 17 heavy (non-hydrogen) atoms. The fraction of sp³-hybridized carbons (Fsp3) is 0.250. The fourth-order valence-corrected chi connectivity index (χ4v) is 2.71. The van der Waals surface area contributed by atoms with Gasteiger partial charge < -0.3 is 9.88 Å². The molecular formula is C12H13BrN2OS. The van der Waals surface area contributed by atoms with Crippen LogP contribution in [0.5, 0.6) is 0 Å². The Morgan fingerprint density at radius 1 is 1.59 bits per heavy atom. The lowest BCUT2D eigenvalue weighted by Gasteiger charge is -2.06. The van der Waals surface area contributed by atoms with E-state index in [4.69, 9.17) is 0 Å². The minimum absolute atomic E-state index is 0.0362. The van der Waals surface area contributed by atoms with E-state index >= 15 is 0 Å². The van der Waals surface area contributed by atoms with Gasteiger partial charge in [0.1, 0.15) is 5.69 Å². The normalized spacial score (nSPS) is 10.5. The minimum Gasteiger partial charge on any atom is -0.346 e. The highest BCUT2D eigenvalue weighted by Crippen LogP contribution is 2.15. The summed E-state index contributed by atoms with van der Waals surface area (Å²) in [6.07, 6.45) is 1.92. The summed E-state index contributed by atoms with van der Waals surface area (Å²) >= 11 is 5.03. The summed E-state index contributed by atoms with van der Waals surface area (Å²) in [5.74, 6) is -0.0362. The predicted octanol–water partition coefficient (Wildman–Crippen LogP) is 3.26. The second-order valence-corrected chi connectivity index (χ2v) is 5.54. The first kappa shape index (κ1) is 12.4. The maximum absolute atomic E-state index is 12.0. The van der Waals surface area contributed by atoms with Crippen LogP contribution < -0.4 is 5.32 Å². The number of thiophene rings is 1. The number of aryl methyl sites for hydroxylation is 1. The third-order valence-corrected chi connectivity index (χ3v) is 3.75. The zero-order valence-electron chi connectivity index (χ0n) is 9.44. The van der Waals surface area contributed by atoms with Crippen LogP contribution in [0.4, 0.5) is 0 Å². The maximum Gasteiger partial charge on any atom is 0.268 e. The number of hydrogen-bond acceptors (Lipinski definition) is 2. The molecule has 0 radical (unpaired) electrons. The molecule has 2 aromatic heterocycles. The molecule has 0 bridgehead atoms. The van der Waals surface area contributed by atoms with Crippen molar-refractivity contribution in [3.63, 3.8) is 0 Å². The summed E-state index contributed by atoms with van der Waals surface area (Å²) in [4.78, 5) is 13.1. The number of hydrogen-bond donors (Lipinski definition) is 1. The van der Waals surface area contributed by atoms with Crippen molar-refractivity contribution < 1.29 is 4.79 Å². The van der Waals surface area contributed by atoms with Gasteiger partial charge in [-0.15, -0.1) is 11.3 Å². The van der Waals surface area contributed by atoms with Gasteiger partial charge in [-0.1, -0.05) is 6.07 Å². The van der Waals surface area contributed by atoms with Gasteiger partial charge in [-0.05, 0) is 40.4 Å². The zero-order valence-corrected chi connectivity index (χ0v) is 11.8. The third kappa shape index (κ3) is 2.98. The van der Waals surface area contributed by atoms with Gasteiger partial charge in [-0.3, -0.25) is 4.79 Å². The minimum atomic E-state index is -0.0362. The number of nitrogens with zero attached hydrogens (tertiary/aromatic N) is 1. The Morgan fingerprint density at radius 3 is 3.06 bits per heavy atom. The van der Waals surface area contributed by atoms with E-state index in [2.05, 4.69) is 21.2 Å². The molecule has 0 fully saturated rings. The van der Waals surface area contributed by atoms with Crippen molar-refractivity contribution in [1.29, 1.82) is 0 Å². The summed E-state index contributed by atoms with van der Waals surface area (Å²) < 4.78 is 2.86. The van der Waals surface area contributed by atoms with Crippen LogP contribution in [0.25, 0.3) is 0 Å². The number of rotatable bonds is 4. The lowest BCUT2D eigenvalue weighted by atomic mass is 10.4. The standard InChI is InChI=1S/C12H13BrN2OS/c1-2-15-8-9(13)6-11(15)12(16)14-7-10-4-3-5-17-10/h3-6,8H,2,7H2,1H3,(H,14,16). The molecule has 3 nitrogen and oxygen atoms in total. The highest BCUT2D eigenvalue weighted by atomic mass is 79.9. The molecule has 0 unspecified atom stereocenters.